The molecule has 0 radical (unpaired) electrons. The standard InChI is InChI=1S/C13H20N2O2/c1-13(2,14)10-15-12(16)8-9-17-11-6-4-3-5-7-11/h3-7H,8-10,14H2,1-2H3,(H,15,16). The van der Waals surface area contributed by atoms with Gasteiger partial charge in [-0.2, -0.15) is 0 Å². The Morgan fingerprint density at radius 1 is 1.35 bits per heavy atom. The molecule has 0 fully saturated rings. The number of para-hydroxylation sites is 1. The van der Waals surface area contributed by atoms with Gasteiger partial charge in [0.2, 0.25) is 5.91 Å². The second-order valence-electron chi connectivity index (χ2n) is 4.68. The molecule has 1 aromatic rings. The highest BCUT2D eigenvalue weighted by Crippen LogP contribution is 2.08. The van der Waals surface area contributed by atoms with Gasteiger partial charge in [-0.05, 0) is 26.0 Å². The summed E-state index contributed by atoms with van der Waals surface area (Å²) in [6, 6.07) is 9.43. The fourth-order valence-corrected chi connectivity index (χ4v) is 1.19. The molecule has 4 heteroatoms. The molecule has 0 unspecified atom stereocenters. The Morgan fingerprint density at radius 3 is 2.59 bits per heavy atom. The van der Waals surface area contributed by atoms with E-state index in [-0.39, 0.29) is 11.4 Å². The first-order valence-corrected chi connectivity index (χ1v) is 5.71. The van der Waals surface area contributed by atoms with Gasteiger partial charge in [-0.15, -0.1) is 0 Å². The minimum absolute atomic E-state index is 0.0422. The van der Waals surface area contributed by atoms with Gasteiger partial charge in [0.05, 0.1) is 13.0 Å². The van der Waals surface area contributed by atoms with Gasteiger partial charge in [0.15, 0.2) is 0 Å². The van der Waals surface area contributed by atoms with Crippen LogP contribution in [-0.2, 0) is 4.79 Å². The Balaban J connectivity index is 2.17. The molecule has 0 atom stereocenters. The molecule has 3 N–H and O–H groups in total. The molecule has 17 heavy (non-hydrogen) atoms. The van der Waals surface area contributed by atoms with E-state index in [0.717, 1.165) is 5.75 Å². The number of ether oxygens (including phenoxy) is 1. The number of carbonyl (C=O) groups excluding carboxylic acids is 1. The minimum Gasteiger partial charge on any atom is -0.493 e. The first-order chi connectivity index (χ1) is 7.97. The summed E-state index contributed by atoms with van der Waals surface area (Å²) >= 11 is 0. The van der Waals surface area contributed by atoms with E-state index in [4.69, 9.17) is 10.5 Å². The predicted octanol–water partition coefficient (Wildman–Crippen LogP) is 1.31. The smallest absolute Gasteiger partial charge is 0.223 e. The number of carbonyl (C=O) groups is 1. The van der Waals surface area contributed by atoms with E-state index >= 15 is 0 Å². The summed E-state index contributed by atoms with van der Waals surface area (Å²) in [6.07, 6.45) is 0.338. The minimum atomic E-state index is -0.379. The molecule has 0 aromatic heterocycles. The lowest BCUT2D eigenvalue weighted by atomic mass is 10.1. The fourth-order valence-electron chi connectivity index (χ4n) is 1.19. The molecule has 1 rings (SSSR count). The lowest BCUT2D eigenvalue weighted by Crippen LogP contribution is -2.45. The van der Waals surface area contributed by atoms with Crippen molar-refractivity contribution in [3.8, 4) is 5.75 Å². The third-order valence-corrected chi connectivity index (χ3v) is 2.08. The Hall–Kier alpha value is -1.55. The third-order valence-electron chi connectivity index (χ3n) is 2.08. The molecule has 0 aliphatic carbocycles. The van der Waals surface area contributed by atoms with E-state index in [1.165, 1.54) is 0 Å². The highest BCUT2D eigenvalue weighted by Gasteiger charge is 2.11. The van der Waals surface area contributed by atoms with Crippen molar-refractivity contribution >= 4 is 5.91 Å². The summed E-state index contributed by atoms with van der Waals surface area (Å²) < 4.78 is 5.42. The van der Waals surface area contributed by atoms with Crippen LogP contribution in [0.4, 0.5) is 0 Å². The molecule has 0 aliphatic rings. The van der Waals surface area contributed by atoms with E-state index < -0.39 is 0 Å². The zero-order valence-corrected chi connectivity index (χ0v) is 10.4. The predicted molar refractivity (Wildman–Crippen MR) is 67.8 cm³/mol. The summed E-state index contributed by atoms with van der Waals surface area (Å²) in [5.74, 6) is 0.735. The monoisotopic (exact) mass is 236 g/mol. The highest BCUT2D eigenvalue weighted by atomic mass is 16.5. The number of benzene rings is 1. The maximum Gasteiger partial charge on any atom is 0.223 e. The van der Waals surface area contributed by atoms with E-state index in [1.54, 1.807) is 0 Å². The van der Waals surface area contributed by atoms with Crippen LogP contribution in [0, 0.1) is 0 Å². The van der Waals surface area contributed by atoms with Crippen molar-refractivity contribution in [2.24, 2.45) is 5.73 Å². The maximum atomic E-state index is 11.4. The molecule has 0 bridgehead atoms. The first kappa shape index (κ1) is 13.5. The quantitative estimate of drug-likeness (QED) is 0.782. The van der Waals surface area contributed by atoms with Gasteiger partial charge >= 0.3 is 0 Å². The number of hydrogen-bond acceptors (Lipinski definition) is 3. The molecule has 4 nitrogen and oxygen atoms in total. The SMILES string of the molecule is CC(C)(N)CNC(=O)CCOc1ccccc1. The van der Waals surface area contributed by atoms with Crippen LogP contribution in [0.5, 0.6) is 5.75 Å². The number of nitrogens with one attached hydrogen (secondary N) is 1. The second-order valence-corrected chi connectivity index (χ2v) is 4.68. The number of rotatable bonds is 6. The van der Waals surface area contributed by atoms with Crippen molar-refractivity contribution in [2.75, 3.05) is 13.2 Å². The zero-order valence-electron chi connectivity index (χ0n) is 10.4. The summed E-state index contributed by atoms with van der Waals surface area (Å²) in [5, 5.41) is 2.76. The maximum absolute atomic E-state index is 11.4. The van der Waals surface area contributed by atoms with Crippen LogP contribution < -0.4 is 15.8 Å². The van der Waals surface area contributed by atoms with Crippen LogP contribution in [0.3, 0.4) is 0 Å². The van der Waals surface area contributed by atoms with Crippen molar-refractivity contribution in [2.45, 2.75) is 25.8 Å². The molecule has 0 spiro atoms. The zero-order chi connectivity index (χ0) is 12.7. The molecule has 0 saturated carbocycles. The summed E-state index contributed by atoms with van der Waals surface area (Å²) in [7, 11) is 0. The number of amides is 1. The molecule has 1 amide bonds. The van der Waals surface area contributed by atoms with Gasteiger partial charge in [0, 0.05) is 12.1 Å². The lowest BCUT2D eigenvalue weighted by molar-refractivity contribution is -0.121. The summed E-state index contributed by atoms with van der Waals surface area (Å²) in [6.45, 7) is 4.58. The topological polar surface area (TPSA) is 64.3 Å². The molecular formula is C13H20N2O2. The normalized spacial score (nSPS) is 11.0. The Bertz CT molecular complexity index is 344. The summed E-state index contributed by atoms with van der Waals surface area (Å²) in [5.41, 5.74) is 5.38. The van der Waals surface area contributed by atoms with Gasteiger partial charge in [0.25, 0.3) is 0 Å². The number of nitrogens with two attached hydrogens (primary N) is 1. The molecular weight excluding hydrogens is 216 g/mol. The van der Waals surface area contributed by atoms with E-state index in [0.29, 0.717) is 19.6 Å². The van der Waals surface area contributed by atoms with Crippen molar-refractivity contribution in [1.82, 2.24) is 5.32 Å². The van der Waals surface area contributed by atoms with Gasteiger partial charge in [-0.1, -0.05) is 18.2 Å². The average molecular weight is 236 g/mol. The largest absolute Gasteiger partial charge is 0.493 e. The second kappa shape index (κ2) is 6.25. The van der Waals surface area contributed by atoms with E-state index in [1.807, 2.05) is 44.2 Å². The molecule has 1 aromatic carbocycles. The van der Waals surface area contributed by atoms with Gasteiger partial charge in [-0.25, -0.2) is 0 Å². The van der Waals surface area contributed by atoms with Gasteiger partial charge in [0.1, 0.15) is 5.75 Å². The average Bonchev–Trinajstić information content (AvgIpc) is 2.27. The lowest BCUT2D eigenvalue weighted by Gasteiger charge is -2.18. The van der Waals surface area contributed by atoms with Crippen molar-refractivity contribution < 1.29 is 9.53 Å². The Labute approximate surface area is 102 Å². The fraction of sp³-hybridized carbons (Fsp3) is 0.462. The van der Waals surface area contributed by atoms with E-state index in [9.17, 15) is 4.79 Å². The van der Waals surface area contributed by atoms with Crippen LogP contribution in [0.25, 0.3) is 0 Å². The van der Waals surface area contributed by atoms with Crippen LogP contribution in [0.1, 0.15) is 20.3 Å². The van der Waals surface area contributed by atoms with E-state index in [2.05, 4.69) is 5.32 Å². The van der Waals surface area contributed by atoms with Gasteiger partial charge < -0.3 is 15.8 Å². The molecule has 0 saturated heterocycles. The van der Waals surface area contributed by atoms with Crippen LogP contribution >= 0.6 is 0 Å². The van der Waals surface area contributed by atoms with Crippen molar-refractivity contribution in [1.29, 1.82) is 0 Å². The van der Waals surface area contributed by atoms with Crippen LogP contribution in [0.2, 0.25) is 0 Å². The highest BCUT2D eigenvalue weighted by molar-refractivity contribution is 5.76. The van der Waals surface area contributed by atoms with Gasteiger partial charge in [-0.3, -0.25) is 4.79 Å². The van der Waals surface area contributed by atoms with Crippen LogP contribution in [-0.4, -0.2) is 24.6 Å². The summed E-state index contributed by atoms with van der Waals surface area (Å²) in [4.78, 5) is 11.4. The molecule has 0 aliphatic heterocycles. The van der Waals surface area contributed by atoms with Crippen LogP contribution in [0.15, 0.2) is 30.3 Å². The third kappa shape index (κ3) is 6.58. The first-order valence-electron chi connectivity index (χ1n) is 5.71. The molecule has 94 valence electrons. The van der Waals surface area contributed by atoms with Crippen molar-refractivity contribution in [3.05, 3.63) is 30.3 Å². The number of hydrogen-bond donors (Lipinski definition) is 2. The Kier molecular flexibility index (Phi) is 4.97. The molecule has 0 heterocycles. The van der Waals surface area contributed by atoms with Crippen molar-refractivity contribution in [3.63, 3.8) is 0 Å². The Morgan fingerprint density at radius 2 is 2.00 bits per heavy atom.